The molecule has 0 unspecified atom stereocenters. The van der Waals surface area contributed by atoms with Crippen LogP contribution in [-0.4, -0.2) is 24.2 Å². The number of rotatable bonds is 6. The molecule has 26 heavy (non-hydrogen) atoms. The Morgan fingerprint density at radius 1 is 0.846 bits per heavy atom. The highest BCUT2D eigenvalue weighted by atomic mass is 16.5. The van der Waals surface area contributed by atoms with Gasteiger partial charge in [-0.2, -0.15) is 4.98 Å². The Hall–Kier alpha value is -3.28. The predicted molar refractivity (Wildman–Crippen MR) is 104 cm³/mol. The third-order valence-corrected chi connectivity index (χ3v) is 4.09. The molecule has 134 valence electrons. The number of benzene rings is 2. The van der Waals surface area contributed by atoms with Gasteiger partial charge in [-0.3, -0.25) is 0 Å². The van der Waals surface area contributed by atoms with Gasteiger partial charge in [0, 0.05) is 18.0 Å². The largest absolute Gasteiger partial charge is 0.497 e. The number of anilines is 4. The smallest absolute Gasteiger partial charge is 0.229 e. The van der Waals surface area contributed by atoms with Crippen LogP contribution in [0.3, 0.4) is 0 Å². The van der Waals surface area contributed by atoms with Crippen LogP contribution in [0.5, 0.6) is 11.5 Å². The van der Waals surface area contributed by atoms with Crippen molar-refractivity contribution in [3.63, 3.8) is 0 Å². The van der Waals surface area contributed by atoms with Crippen molar-refractivity contribution in [1.82, 2.24) is 9.97 Å². The molecule has 0 saturated heterocycles. The summed E-state index contributed by atoms with van der Waals surface area (Å²) in [5.74, 6) is 2.60. The van der Waals surface area contributed by atoms with E-state index in [9.17, 15) is 0 Å². The Morgan fingerprint density at radius 2 is 1.69 bits per heavy atom. The maximum atomic E-state index is 5.39. The van der Waals surface area contributed by atoms with Crippen molar-refractivity contribution in [2.45, 2.75) is 13.8 Å². The summed E-state index contributed by atoms with van der Waals surface area (Å²) in [5.41, 5.74) is 4.18. The van der Waals surface area contributed by atoms with Gasteiger partial charge in [0.15, 0.2) is 0 Å². The van der Waals surface area contributed by atoms with Gasteiger partial charge >= 0.3 is 0 Å². The number of nitrogens with one attached hydrogen (secondary N) is 2. The molecule has 1 heterocycles. The van der Waals surface area contributed by atoms with Crippen LogP contribution >= 0.6 is 0 Å². The van der Waals surface area contributed by atoms with Crippen LogP contribution in [0, 0.1) is 13.8 Å². The maximum absolute atomic E-state index is 5.39. The molecule has 3 rings (SSSR count). The highest BCUT2D eigenvalue weighted by molar-refractivity contribution is 5.67. The van der Waals surface area contributed by atoms with Gasteiger partial charge in [0.05, 0.1) is 19.9 Å². The van der Waals surface area contributed by atoms with Crippen molar-refractivity contribution >= 4 is 23.1 Å². The minimum atomic E-state index is 0.514. The lowest BCUT2D eigenvalue weighted by Gasteiger charge is -2.13. The molecule has 0 atom stereocenters. The minimum Gasteiger partial charge on any atom is -0.497 e. The van der Waals surface area contributed by atoms with Crippen LogP contribution in [0.2, 0.25) is 0 Å². The van der Waals surface area contributed by atoms with Gasteiger partial charge in [0.1, 0.15) is 17.3 Å². The van der Waals surface area contributed by atoms with E-state index < -0.39 is 0 Å². The van der Waals surface area contributed by atoms with Gasteiger partial charge in [-0.25, -0.2) is 4.98 Å². The van der Waals surface area contributed by atoms with Crippen LogP contribution in [-0.2, 0) is 0 Å². The summed E-state index contributed by atoms with van der Waals surface area (Å²) in [6.07, 6.45) is 1.70. The molecular weight excluding hydrogens is 328 g/mol. The zero-order valence-corrected chi connectivity index (χ0v) is 15.3. The van der Waals surface area contributed by atoms with E-state index in [2.05, 4.69) is 46.6 Å². The van der Waals surface area contributed by atoms with Crippen LogP contribution in [0.15, 0.2) is 48.7 Å². The first kappa shape index (κ1) is 17.5. The molecular formula is C20H22N4O2. The van der Waals surface area contributed by atoms with E-state index in [0.29, 0.717) is 17.5 Å². The number of ether oxygens (including phenoxy) is 2. The summed E-state index contributed by atoms with van der Waals surface area (Å²) in [6, 6.07) is 13.5. The Labute approximate surface area is 153 Å². The monoisotopic (exact) mass is 350 g/mol. The first-order chi connectivity index (χ1) is 12.6. The summed E-state index contributed by atoms with van der Waals surface area (Å²) >= 11 is 0. The lowest BCUT2D eigenvalue weighted by Crippen LogP contribution is -2.02. The van der Waals surface area contributed by atoms with Crippen molar-refractivity contribution in [2.75, 3.05) is 24.9 Å². The molecule has 0 saturated carbocycles. The molecule has 1 aromatic heterocycles. The fourth-order valence-corrected chi connectivity index (χ4v) is 2.49. The Morgan fingerprint density at radius 3 is 2.42 bits per heavy atom. The highest BCUT2D eigenvalue weighted by Gasteiger charge is 2.07. The molecule has 2 N–H and O–H groups in total. The van der Waals surface area contributed by atoms with Gasteiger partial charge in [-0.15, -0.1) is 0 Å². The van der Waals surface area contributed by atoms with Crippen LogP contribution < -0.4 is 20.1 Å². The third-order valence-electron chi connectivity index (χ3n) is 4.09. The lowest BCUT2D eigenvalue weighted by atomic mass is 10.1. The second kappa shape index (κ2) is 7.74. The number of aryl methyl sites for hydroxylation is 2. The number of aromatic nitrogens is 2. The topological polar surface area (TPSA) is 68.3 Å². The predicted octanol–water partition coefficient (Wildman–Crippen LogP) is 4.60. The molecule has 0 aliphatic rings. The van der Waals surface area contributed by atoms with E-state index in [1.165, 1.54) is 11.1 Å². The summed E-state index contributed by atoms with van der Waals surface area (Å²) < 4.78 is 10.7. The van der Waals surface area contributed by atoms with E-state index in [1.54, 1.807) is 26.5 Å². The summed E-state index contributed by atoms with van der Waals surface area (Å²) in [6.45, 7) is 4.16. The summed E-state index contributed by atoms with van der Waals surface area (Å²) in [4.78, 5) is 8.80. The average molecular weight is 350 g/mol. The van der Waals surface area contributed by atoms with Crippen molar-refractivity contribution in [2.24, 2.45) is 0 Å². The molecule has 0 aliphatic heterocycles. The molecule has 0 bridgehead atoms. The van der Waals surface area contributed by atoms with Gasteiger partial charge in [-0.1, -0.05) is 6.07 Å². The minimum absolute atomic E-state index is 0.514. The quantitative estimate of drug-likeness (QED) is 0.677. The molecule has 0 aliphatic carbocycles. The van der Waals surface area contributed by atoms with Crippen molar-refractivity contribution < 1.29 is 9.47 Å². The number of methoxy groups -OCH3 is 2. The van der Waals surface area contributed by atoms with Crippen molar-refractivity contribution in [3.8, 4) is 11.5 Å². The second-order valence-electron chi connectivity index (χ2n) is 5.88. The normalized spacial score (nSPS) is 10.3. The molecule has 2 aromatic carbocycles. The first-order valence-electron chi connectivity index (χ1n) is 8.25. The van der Waals surface area contributed by atoms with E-state index in [0.717, 1.165) is 17.1 Å². The number of nitrogens with zero attached hydrogens (tertiary/aromatic N) is 2. The first-order valence-corrected chi connectivity index (χ1v) is 8.25. The average Bonchev–Trinajstić information content (AvgIpc) is 2.65. The Kier molecular flexibility index (Phi) is 5.22. The van der Waals surface area contributed by atoms with Crippen LogP contribution in [0.4, 0.5) is 23.1 Å². The Bertz CT molecular complexity index is 912. The van der Waals surface area contributed by atoms with Crippen molar-refractivity contribution in [1.29, 1.82) is 0 Å². The van der Waals surface area contributed by atoms with E-state index in [-0.39, 0.29) is 0 Å². The highest BCUT2D eigenvalue weighted by Crippen LogP contribution is 2.31. The summed E-state index contributed by atoms with van der Waals surface area (Å²) in [5, 5.41) is 6.48. The number of hydrogen-bond donors (Lipinski definition) is 2. The third kappa shape index (κ3) is 4.03. The molecule has 3 aromatic rings. The molecule has 0 amide bonds. The van der Waals surface area contributed by atoms with Crippen molar-refractivity contribution in [3.05, 3.63) is 59.8 Å². The van der Waals surface area contributed by atoms with Crippen LogP contribution in [0.1, 0.15) is 11.1 Å². The lowest BCUT2D eigenvalue weighted by molar-refractivity contribution is 0.405. The molecule has 0 radical (unpaired) electrons. The second-order valence-corrected chi connectivity index (χ2v) is 5.88. The fourth-order valence-electron chi connectivity index (χ4n) is 2.49. The molecule has 0 fully saturated rings. The van der Waals surface area contributed by atoms with E-state index in [4.69, 9.17) is 9.47 Å². The Balaban J connectivity index is 1.82. The maximum Gasteiger partial charge on any atom is 0.229 e. The van der Waals surface area contributed by atoms with Gasteiger partial charge < -0.3 is 20.1 Å². The zero-order valence-electron chi connectivity index (χ0n) is 15.3. The zero-order chi connectivity index (χ0) is 18.5. The van der Waals surface area contributed by atoms with E-state index in [1.807, 2.05) is 24.3 Å². The van der Waals surface area contributed by atoms with Gasteiger partial charge in [-0.05, 0) is 55.3 Å². The summed E-state index contributed by atoms with van der Waals surface area (Å²) in [7, 11) is 3.25. The fraction of sp³-hybridized carbons (Fsp3) is 0.200. The van der Waals surface area contributed by atoms with Gasteiger partial charge in [0.25, 0.3) is 0 Å². The standard InChI is InChI=1S/C20H22N4O2/c1-13-5-6-15(11-14(13)2)22-20-21-10-9-19(24-20)23-17-12-16(25-3)7-8-18(17)26-4/h5-12H,1-4H3,(H2,21,22,23,24). The molecule has 6 nitrogen and oxygen atoms in total. The van der Waals surface area contributed by atoms with Crippen LogP contribution in [0.25, 0.3) is 0 Å². The number of hydrogen-bond acceptors (Lipinski definition) is 6. The van der Waals surface area contributed by atoms with E-state index >= 15 is 0 Å². The molecule has 0 spiro atoms. The molecule has 6 heteroatoms. The SMILES string of the molecule is COc1ccc(OC)c(Nc2ccnc(Nc3ccc(C)c(C)c3)n2)c1. The van der Waals surface area contributed by atoms with Gasteiger partial charge in [0.2, 0.25) is 5.95 Å².